The van der Waals surface area contributed by atoms with Crippen LogP contribution in [-0.4, -0.2) is 42.1 Å². The fourth-order valence-corrected chi connectivity index (χ4v) is 4.50. The second-order valence-corrected chi connectivity index (χ2v) is 8.38. The maximum Gasteiger partial charge on any atom is 0.251 e. The second kappa shape index (κ2) is 8.64. The summed E-state index contributed by atoms with van der Waals surface area (Å²) in [6.45, 7) is 3.70. The molecule has 0 bridgehead atoms. The number of nitrogens with one attached hydrogen (secondary N) is 1. The molecule has 28 heavy (non-hydrogen) atoms. The molecule has 2 aromatic rings. The number of nitrogens with zero attached hydrogens (tertiary/aromatic N) is 1. The van der Waals surface area contributed by atoms with Gasteiger partial charge in [-0.15, -0.1) is 0 Å². The van der Waals surface area contributed by atoms with E-state index in [-0.39, 0.29) is 17.6 Å². The number of hydrogen-bond donors (Lipinski definition) is 1. The molecule has 1 amide bonds. The lowest BCUT2D eigenvalue weighted by Gasteiger charge is -2.39. The van der Waals surface area contributed by atoms with E-state index in [0.717, 1.165) is 45.3 Å². The van der Waals surface area contributed by atoms with Crippen molar-refractivity contribution in [3.05, 3.63) is 70.7 Å². The Balaban J connectivity index is 1.24. The molecule has 5 heteroatoms. The van der Waals surface area contributed by atoms with Crippen LogP contribution in [0.15, 0.2) is 54.6 Å². The van der Waals surface area contributed by atoms with Crippen molar-refractivity contribution in [2.24, 2.45) is 0 Å². The van der Waals surface area contributed by atoms with E-state index in [1.807, 2.05) is 0 Å². The van der Waals surface area contributed by atoms with Crippen LogP contribution < -0.4 is 5.32 Å². The van der Waals surface area contributed by atoms with Gasteiger partial charge in [-0.1, -0.05) is 48.0 Å². The van der Waals surface area contributed by atoms with Crippen LogP contribution in [0.25, 0.3) is 0 Å². The number of carbonyl (C=O) groups excluding carboxylic acids is 1. The molecule has 4 rings (SSSR count). The smallest absolute Gasteiger partial charge is 0.251 e. The number of ether oxygens (including phenoxy) is 1. The van der Waals surface area contributed by atoms with Gasteiger partial charge in [0.25, 0.3) is 5.91 Å². The highest BCUT2D eigenvalue weighted by Crippen LogP contribution is 2.39. The lowest BCUT2D eigenvalue weighted by atomic mass is 9.88. The van der Waals surface area contributed by atoms with Gasteiger partial charge in [0.1, 0.15) is 0 Å². The van der Waals surface area contributed by atoms with Crippen LogP contribution >= 0.6 is 11.6 Å². The average Bonchev–Trinajstić information content (AvgIpc) is 3.11. The lowest BCUT2D eigenvalue weighted by Crippen LogP contribution is -2.44. The Morgan fingerprint density at radius 3 is 2.64 bits per heavy atom. The number of halogens is 1. The maximum atomic E-state index is 12.3. The van der Waals surface area contributed by atoms with Crippen LogP contribution in [0.2, 0.25) is 5.02 Å². The van der Waals surface area contributed by atoms with Gasteiger partial charge in [0, 0.05) is 36.8 Å². The minimum absolute atomic E-state index is 0.00135. The van der Waals surface area contributed by atoms with Crippen molar-refractivity contribution in [1.29, 1.82) is 0 Å². The van der Waals surface area contributed by atoms with Gasteiger partial charge < -0.3 is 10.1 Å². The summed E-state index contributed by atoms with van der Waals surface area (Å²) in [6, 6.07) is 17.7. The zero-order valence-electron chi connectivity index (χ0n) is 16.1. The van der Waals surface area contributed by atoms with E-state index in [2.05, 4.69) is 40.5 Å². The summed E-state index contributed by atoms with van der Waals surface area (Å²) in [5.74, 6) is -0.0928. The van der Waals surface area contributed by atoms with Crippen molar-refractivity contribution in [2.75, 3.05) is 19.6 Å². The Morgan fingerprint density at radius 2 is 1.89 bits per heavy atom. The molecular weight excluding hydrogens is 372 g/mol. The summed E-state index contributed by atoms with van der Waals surface area (Å²) in [6.07, 6.45) is 4.33. The number of piperidine rings is 1. The van der Waals surface area contributed by atoms with E-state index in [4.69, 9.17) is 16.3 Å². The number of amides is 1. The highest BCUT2D eigenvalue weighted by molar-refractivity contribution is 6.30. The van der Waals surface area contributed by atoms with Gasteiger partial charge in [-0.3, -0.25) is 9.69 Å². The van der Waals surface area contributed by atoms with Gasteiger partial charge in [0.05, 0.1) is 11.7 Å². The molecular formula is C23H27ClN2O2. The minimum atomic E-state index is -0.0928. The summed E-state index contributed by atoms with van der Waals surface area (Å²) < 4.78 is 6.43. The van der Waals surface area contributed by atoms with Crippen LogP contribution in [0.3, 0.4) is 0 Å². The van der Waals surface area contributed by atoms with Crippen molar-refractivity contribution in [3.63, 3.8) is 0 Å². The lowest BCUT2D eigenvalue weighted by molar-refractivity contribution is -0.0764. The summed E-state index contributed by atoms with van der Waals surface area (Å²) >= 11 is 5.97. The molecule has 1 spiro atoms. The number of hydrogen-bond acceptors (Lipinski definition) is 3. The third kappa shape index (κ3) is 4.75. The Hall–Kier alpha value is -1.88. The Labute approximate surface area is 171 Å². The summed E-state index contributed by atoms with van der Waals surface area (Å²) in [5, 5.41) is 3.57. The van der Waals surface area contributed by atoms with E-state index in [1.54, 1.807) is 24.3 Å². The Bertz CT molecular complexity index is 803. The molecule has 0 radical (unpaired) electrons. The van der Waals surface area contributed by atoms with Crippen LogP contribution in [0, 0.1) is 0 Å². The van der Waals surface area contributed by atoms with Crippen molar-refractivity contribution in [3.8, 4) is 0 Å². The quantitative estimate of drug-likeness (QED) is 0.817. The predicted molar refractivity (Wildman–Crippen MR) is 112 cm³/mol. The SMILES string of the molecule is O=C(NC[C@H]1CCC2(CCN(Cc3ccccc3)CC2)O1)c1cccc(Cl)c1. The first-order valence-corrected chi connectivity index (χ1v) is 10.5. The zero-order chi connectivity index (χ0) is 19.4. The van der Waals surface area contributed by atoms with E-state index in [1.165, 1.54) is 5.56 Å². The summed E-state index contributed by atoms with van der Waals surface area (Å²) in [7, 11) is 0. The molecule has 2 aliphatic rings. The van der Waals surface area contributed by atoms with Gasteiger partial charge in [-0.05, 0) is 49.4 Å². The first kappa shape index (κ1) is 19.4. The largest absolute Gasteiger partial charge is 0.370 e. The number of likely N-dealkylation sites (tertiary alicyclic amines) is 1. The molecule has 2 aromatic carbocycles. The monoisotopic (exact) mass is 398 g/mol. The van der Waals surface area contributed by atoms with E-state index >= 15 is 0 Å². The van der Waals surface area contributed by atoms with Crippen LogP contribution in [0.5, 0.6) is 0 Å². The standard InChI is InChI=1S/C23H27ClN2O2/c24-20-8-4-7-19(15-20)22(27)25-16-21-9-10-23(28-21)11-13-26(14-12-23)17-18-5-2-1-3-6-18/h1-8,15,21H,9-14,16-17H2,(H,25,27)/t21-/m1/s1. The van der Waals surface area contributed by atoms with Crippen molar-refractivity contribution >= 4 is 17.5 Å². The minimum Gasteiger partial charge on any atom is -0.370 e. The summed E-state index contributed by atoms with van der Waals surface area (Å²) in [5.41, 5.74) is 1.96. The molecule has 1 atom stereocenters. The van der Waals surface area contributed by atoms with Crippen LogP contribution in [0.1, 0.15) is 41.6 Å². The van der Waals surface area contributed by atoms with Crippen molar-refractivity contribution in [2.45, 2.75) is 43.9 Å². The van der Waals surface area contributed by atoms with Gasteiger partial charge in [-0.2, -0.15) is 0 Å². The molecule has 4 nitrogen and oxygen atoms in total. The third-order valence-corrected chi connectivity index (χ3v) is 6.17. The fourth-order valence-electron chi connectivity index (χ4n) is 4.31. The predicted octanol–water partition coefficient (Wildman–Crippen LogP) is 4.28. The Morgan fingerprint density at radius 1 is 1.11 bits per heavy atom. The highest BCUT2D eigenvalue weighted by Gasteiger charge is 2.42. The second-order valence-electron chi connectivity index (χ2n) is 7.94. The van der Waals surface area contributed by atoms with Gasteiger partial charge in [0.2, 0.25) is 0 Å². The molecule has 0 aliphatic carbocycles. The maximum absolute atomic E-state index is 12.3. The molecule has 0 saturated carbocycles. The average molecular weight is 399 g/mol. The van der Waals surface area contributed by atoms with Gasteiger partial charge in [0.15, 0.2) is 0 Å². The number of rotatable bonds is 5. The topological polar surface area (TPSA) is 41.6 Å². The van der Waals surface area contributed by atoms with E-state index in [0.29, 0.717) is 17.1 Å². The van der Waals surface area contributed by atoms with Gasteiger partial charge in [-0.25, -0.2) is 0 Å². The molecule has 1 N–H and O–H groups in total. The van der Waals surface area contributed by atoms with Crippen LogP contribution in [0.4, 0.5) is 0 Å². The van der Waals surface area contributed by atoms with Gasteiger partial charge >= 0.3 is 0 Å². The Kier molecular flexibility index (Phi) is 6.00. The first-order chi connectivity index (χ1) is 13.6. The zero-order valence-corrected chi connectivity index (χ0v) is 16.8. The van der Waals surface area contributed by atoms with Crippen LogP contribution in [-0.2, 0) is 11.3 Å². The molecule has 0 unspecified atom stereocenters. The molecule has 148 valence electrons. The molecule has 2 fully saturated rings. The summed E-state index contributed by atoms with van der Waals surface area (Å²) in [4.78, 5) is 14.8. The highest BCUT2D eigenvalue weighted by atomic mass is 35.5. The third-order valence-electron chi connectivity index (χ3n) is 5.93. The molecule has 0 aromatic heterocycles. The van der Waals surface area contributed by atoms with Crippen molar-refractivity contribution < 1.29 is 9.53 Å². The number of carbonyl (C=O) groups is 1. The first-order valence-electron chi connectivity index (χ1n) is 10.1. The van der Waals surface area contributed by atoms with E-state index < -0.39 is 0 Å². The molecule has 2 aliphatic heterocycles. The fraction of sp³-hybridized carbons (Fsp3) is 0.435. The normalized spacial score (nSPS) is 21.7. The van der Waals surface area contributed by atoms with Crippen molar-refractivity contribution in [1.82, 2.24) is 10.2 Å². The number of benzene rings is 2. The molecule has 2 saturated heterocycles. The van der Waals surface area contributed by atoms with E-state index in [9.17, 15) is 4.79 Å². The molecule has 2 heterocycles.